The summed E-state index contributed by atoms with van der Waals surface area (Å²) in [5.74, 6) is 6.41. The highest BCUT2D eigenvalue weighted by Crippen LogP contribution is 1.97. The van der Waals surface area contributed by atoms with Crippen molar-refractivity contribution >= 4 is 0 Å². The Labute approximate surface area is 76.2 Å². The molecule has 0 aliphatic heterocycles. The lowest BCUT2D eigenvalue weighted by molar-refractivity contribution is 0.554. The van der Waals surface area contributed by atoms with Crippen molar-refractivity contribution < 1.29 is 4.42 Å². The van der Waals surface area contributed by atoms with Gasteiger partial charge in [0.25, 0.3) is 0 Å². The van der Waals surface area contributed by atoms with E-state index in [1.54, 1.807) is 12.5 Å². The summed E-state index contributed by atoms with van der Waals surface area (Å²) < 4.78 is 5.05. The van der Waals surface area contributed by atoms with Crippen LogP contribution in [0.1, 0.15) is 11.5 Å². The van der Waals surface area contributed by atoms with Crippen molar-refractivity contribution in [3.8, 4) is 11.8 Å². The highest BCUT2D eigenvalue weighted by molar-refractivity contribution is 5.34. The number of nitrogens with zero attached hydrogens (tertiary/aromatic N) is 1. The molecular formula is C11H7NO. The fraction of sp³-hybridized carbons (Fsp3) is 0. The number of hydrogen-bond donors (Lipinski definition) is 0. The molecule has 0 bridgehead atoms. The number of rotatable bonds is 0. The first kappa shape index (κ1) is 7.63. The van der Waals surface area contributed by atoms with E-state index < -0.39 is 0 Å². The molecule has 0 aliphatic rings. The second kappa shape index (κ2) is 3.59. The zero-order valence-electron chi connectivity index (χ0n) is 6.90. The Morgan fingerprint density at radius 2 is 2.08 bits per heavy atom. The second-order valence-electron chi connectivity index (χ2n) is 2.44. The van der Waals surface area contributed by atoms with Crippen LogP contribution in [0.4, 0.5) is 0 Å². The van der Waals surface area contributed by atoms with Crippen LogP contribution in [0.3, 0.4) is 0 Å². The molecule has 0 unspecified atom stereocenters. The van der Waals surface area contributed by atoms with Crippen LogP contribution >= 0.6 is 0 Å². The smallest absolute Gasteiger partial charge is 0.177 e. The topological polar surface area (TPSA) is 26.0 Å². The zero-order valence-corrected chi connectivity index (χ0v) is 6.90. The summed E-state index contributed by atoms with van der Waals surface area (Å²) in [6, 6.07) is 9.24. The number of pyridine rings is 1. The average Bonchev–Trinajstić information content (AvgIpc) is 2.69. The minimum Gasteiger partial charge on any atom is -0.456 e. The number of hydrogen-bond acceptors (Lipinski definition) is 2. The Morgan fingerprint density at radius 3 is 2.77 bits per heavy atom. The normalized spacial score (nSPS) is 8.92. The van der Waals surface area contributed by atoms with E-state index in [2.05, 4.69) is 16.8 Å². The maximum atomic E-state index is 5.05. The molecule has 0 saturated heterocycles. The molecule has 2 heterocycles. The molecule has 0 atom stereocenters. The van der Waals surface area contributed by atoms with Gasteiger partial charge in [0.05, 0.1) is 6.26 Å². The third-order valence-electron chi connectivity index (χ3n) is 1.50. The molecule has 2 aromatic rings. The van der Waals surface area contributed by atoms with Gasteiger partial charge >= 0.3 is 0 Å². The van der Waals surface area contributed by atoms with Gasteiger partial charge in [-0.15, -0.1) is 0 Å². The van der Waals surface area contributed by atoms with E-state index in [0.29, 0.717) is 5.76 Å². The van der Waals surface area contributed by atoms with Gasteiger partial charge in [-0.3, -0.25) is 0 Å². The van der Waals surface area contributed by atoms with E-state index in [4.69, 9.17) is 4.42 Å². The predicted molar refractivity (Wildman–Crippen MR) is 48.9 cm³/mol. The molecule has 0 aromatic carbocycles. The molecule has 2 heteroatoms. The molecule has 0 amide bonds. The minimum atomic E-state index is 0.658. The molecule has 0 spiro atoms. The lowest BCUT2D eigenvalue weighted by Gasteiger charge is -1.84. The van der Waals surface area contributed by atoms with Gasteiger partial charge < -0.3 is 4.42 Å². The third kappa shape index (κ3) is 1.97. The molecule has 0 radical (unpaired) electrons. The zero-order chi connectivity index (χ0) is 8.93. The van der Waals surface area contributed by atoms with Gasteiger partial charge in [-0.2, -0.15) is 0 Å². The first-order valence-electron chi connectivity index (χ1n) is 3.92. The molecular weight excluding hydrogens is 162 g/mol. The Kier molecular flexibility index (Phi) is 2.11. The van der Waals surface area contributed by atoms with Crippen molar-refractivity contribution in [2.24, 2.45) is 0 Å². The highest BCUT2D eigenvalue weighted by atomic mass is 16.3. The van der Waals surface area contributed by atoms with Gasteiger partial charge in [-0.1, -0.05) is 6.07 Å². The number of furan rings is 1. The first-order chi connectivity index (χ1) is 6.45. The van der Waals surface area contributed by atoms with Crippen molar-refractivity contribution in [3.05, 3.63) is 54.2 Å². The van der Waals surface area contributed by atoms with E-state index in [-0.39, 0.29) is 0 Å². The van der Waals surface area contributed by atoms with Crippen LogP contribution in [0.15, 0.2) is 47.2 Å². The van der Waals surface area contributed by atoms with Gasteiger partial charge in [0.1, 0.15) is 5.69 Å². The number of aromatic nitrogens is 1. The molecule has 2 rings (SSSR count). The van der Waals surface area contributed by atoms with E-state index in [9.17, 15) is 0 Å². The summed E-state index contributed by atoms with van der Waals surface area (Å²) in [6.07, 6.45) is 3.31. The second-order valence-corrected chi connectivity index (χ2v) is 2.44. The Balaban J connectivity index is 2.23. The molecule has 0 N–H and O–H groups in total. The van der Waals surface area contributed by atoms with Crippen LogP contribution in [0.25, 0.3) is 0 Å². The lowest BCUT2D eigenvalue weighted by Crippen LogP contribution is -1.77. The fourth-order valence-corrected chi connectivity index (χ4v) is 0.912. The molecule has 0 aliphatic carbocycles. The van der Waals surface area contributed by atoms with Crippen LogP contribution in [0.5, 0.6) is 0 Å². The molecule has 0 fully saturated rings. The maximum absolute atomic E-state index is 5.05. The summed E-state index contributed by atoms with van der Waals surface area (Å²) in [5, 5.41) is 0. The Bertz CT molecular complexity index is 420. The fourth-order valence-electron chi connectivity index (χ4n) is 0.912. The van der Waals surface area contributed by atoms with Crippen molar-refractivity contribution in [2.45, 2.75) is 0 Å². The van der Waals surface area contributed by atoms with Crippen LogP contribution < -0.4 is 0 Å². The summed E-state index contributed by atoms with van der Waals surface area (Å²) >= 11 is 0. The Morgan fingerprint density at radius 1 is 1.08 bits per heavy atom. The van der Waals surface area contributed by atoms with Crippen LogP contribution in [0.2, 0.25) is 0 Å². The first-order valence-corrected chi connectivity index (χ1v) is 3.92. The van der Waals surface area contributed by atoms with Crippen LogP contribution in [-0.4, -0.2) is 4.98 Å². The van der Waals surface area contributed by atoms with Gasteiger partial charge in [-0.25, -0.2) is 4.98 Å². The molecule has 62 valence electrons. The van der Waals surface area contributed by atoms with Crippen molar-refractivity contribution in [1.29, 1.82) is 0 Å². The standard InChI is InChI=1S/C11H7NO/c1-2-8-12-10(4-1)6-7-11-5-3-9-13-11/h1-5,8-9H. The van der Waals surface area contributed by atoms with E-state index >= 15 is 0 Å². The summed E-state index contributed by atoms with van der Waals surface area (Å²) in [7, 11) is 0. The summed E-state index contributed by atoms with van der Waals surface area (Å²) in [6.45, 7) is 0. The minimum absolute atomic E-state index is 0.658. The monoisotopic (exact) mass is 169 g/mol. The van der Waals surface area contributed by atoms with Crippen molar-refractivity contribution in [1.82, 2.24) is 4.98 Å². The van der Waals surface area contributed by atoms with Crippen LogP contribution in [-0.2, 0) is 0 Å². The SMILES string of the molecule is C(#Cc1ccco1)c1ccccn1. The van der Waals surface area contributed by atoms with E-state index in [0.717, 1.165) is 5.69 Å². The van der Waals surface area contributed by atoms with Crippen molar-refractivity contribution in [2.75, 3.05) is 0 Å². The van der Waals surface area contributed by atoms with Crippen molar-refractivity contribution in [3.63, 3.8) is 0 Å². The van der Waals surface area contributed by atoms with E-state index in [1.165, 1.54) is 0 Å². The lowest BCUT2D eigenvalue weighted by atomic mass is 10.3. The van der Waals surface area contributed by atoms with Gasteiger partial charge in [0, 0.05) is 6.20 Å². The van der Waals surface area contributed by atoms with Crippen LogP contribution in [0, 0.1) is 11.8 Å². The summed E-state index contributed by atoms with van der Waals surface area (Å²) in [4.78, 5) is 4.06. The molecule has 0 saturated carbocycles. The predicted octanol–water partition coefficient (Wildman–Crippen LogP) is 2.07. The average molecular weight is 169 g/mol. The van der Waals surface area contributed by atoms with Gasteiger partial charge in [-0.05, 0) is 36.1 Å². The molecule has 2 nitrogen and oxygen atoms in total. The van der Waals surface area contributed by atoms with E-state index in [1.807, 2.05) is 30.3 Å². The Hall–Kier alpha value is -2.01. The summed E-state index contributed by atoms with van der Waals surface area (Å²) in [5.41, 5.74) is 0.749. The largest absolute Gasteiger partial charge is 0.456 e. The quantitative estimate of drug-likeness (QED) is 0.564. The molecule has 2 aromatic heterocycles. The maximum Gasteiger partial charge on any atom is 0.177 e. The van der Waals surface area contributed by atoms with Gasteiger partial charge in [0.2, 0.25) is 0 Å². The molecule has 13 heavy (non-hydrogen) atoms. The highest BCUT2D eigenvalue weighted by Gasteiger charge is 1.87. The van der Waals surface area contributed by atoms with Gasteiger partial charge in [0.15, 0.2) is 5.76 Å². The third-order valence-corrected chi connectivity index (χ3v) is 1.50.